The molecule has 5 rings (SSSR count). The van der Waals surface area contributed by atoms with Crippen LogP contribution in [0.4, 0.5) is 0 Å². The minimum absolute atomic E-state index is 0. The first-order chi connectivity index (χ1) is 18.7. The van der Waals surface area contributed by atoms with Crippen LogP contribution in [0.25, 0.3) is 11.1 Å². The van der Waals surface area contributed by atoms with Crippen LogP contribution in [0.1, 0.15) is 38.7 Å². The Morgan fingerprint density at radius 1 is 1.12 bits per heavy atom. The molecular weight excluding hydrogens is 516 g/mol. The molecule has 3 aliphatic rings. The van der Waals surface area contributed by atoms with Crippen LogP contribution in [0.5, 0.6) is 5.75 Å². The first-order valence-corrected chi connectivity index (χ1v) is 13.8. The molecule has 1 aliphatic carbocycles. The van der Waals surface area contributed by atoms with Gasteiger partial charge in [0.15, 0.2) is 0 Å². The van der Waals surface area contributed by atoms with Crippen LogP contribution in [0, 0.1) is 5.92 Å². The molecule has 2 aromatic carbocycles. The van der Waals surface area contributed by atoms with E-state index in [0.717, 1.165) is 28.9 Å². The number of hydrogen-bond acceptors (Lipinski definition) is 8. The lowest BCUT2D eigenvalue weighted by Crippen LogP contribution is -2.75. The molecule has 10 nitrogen and oxygen atoms in total. The molecule has 3 fully saturated rings. The number of amides is 1. The van der Waals surface area contributed by atoms with Gasteiger partial charge in [0.05, 0.1) is 43.9 Å². The van der Waals surface area contributed by atoms with Gasteiger partial charge in [-0.2, -0.15) is 0 Å². The van der Waals surface area contributed by atoms with Crippen molar-refractivity contribution in [2.45, 2.75) is 88.1 Å². The molecule has 0 radical (unpaired) electrons. The lowest BCUT2D eigenvalue weighted by atomic mass is 9.77. The van der Waals surface area contributed by atoms with Gasteiger partial charge in [0.2, 0.25) is 18.0 Å². The number of aliphatic hydroxyl groups excluding tert-OH is 1. The number of hydrogen-bond donors (Lipinski definition) is 4. The molecule has 220 valence electrons. The highest BCUT2D eigenvalue weighted by Gasteiger charge is 2.61. The number of rotatable bonds is 7. The van der Waals surface area contributed by atoms with Gasteiger partial charge < -0.3 is 45.3 Å². The van der Waals surface area contributed by atoms with Crippen molar-refractivity contribution >= 4 is 5.91 Å². The molecule has 0 bridgehead atoms. The Morgan fingerprint density at radius 2 is 1.88 bits per heavy atom. The summed E-state index contributed by atoms with van der Waals surface area (Å²) in [6.07, 6.45) is -0.946. The van der Waals surface area contributed by atoms with Crippen LogP contribution < -0.4 is 15.4 Å². The van der Waals surface area contributed by atoms with E-state index in [-0.39, 0.29) is 35.9 Å². The van der Waals surface area contributed by atoms with Gasteiger partial charge >= 0.3 is 0 Å². The molecule has 9 atom stereocenters. The predicted molar refractivity (Wildman–Crippen MR) is 149 cm³/mol. The van der Waals surface area contributed by atoms with E-state index in [1.807, 2.05) is 62.4 Å². The maximum atomic E-state index is 13.2. The van der Waals surface area contributed by atoms with E-state index in [0.29, 0.717) is 12.8 Å². The Kier molecular flexibility index (Phi) is 9.51. The second-order valence-corrected chi connectivity index (χ2v) is 11.0. The molecule has 2 aromatic rings. The molecule has 40 heavy (non-hydrogen) atoms. The van der Waals surface area contributed by atoms with E-state index in [4.69, 9.17) is 18.9 Å². The number of fused-ring (bicyclic) bond motifs is 2. The van der Waals surface area contributed by atoms with Crippen LogP contribution >= 0.6 is 0 Å². The minimum Gasteiger partial charge on any atom is -0.497 e. The van der Waals surface area contributed by atoms with E-state index in [9.17, 15) is 15.0 Å². The van der Waals surface area contributed by atoms with E-state index in [1.165, 1.54) is 0 Å². The third kappa shape index (κ3) is 5.89. The van der Waals surface area contributed by atoms with Crippen molar-refractivity contribution in [3.63, 3.8) is 0 Å². The Morgan fingerprint density at radius 3 is 2.55 bits per heavy atom. The Bertz CT molecular complexity index is 1150. The van der Waals surface area contributed by atoms with Gasteiger partial charge in [0.1, 0.15) is 11.9 Å². The third-order valence-corrected chi connectivity index (χ3v) is 8.40. The fraction of sp³-hybridized carbons (Fsp3) is 0.567. The lowest BCUT2D eigenvalue weighted by Gasteiger charge is -2.57. The van der Waals surface area contributed by atoms with Gasteiger partial charge in [0.25, 0.3) is 0 Å². The number of carbonyl (C=O) groups excluding carboxylic acids is 1. The minimum atomic E-state index is -1.88. The summed E-state index contributed by atoms with van der Waals surface area (Å²) >= 11 is 0. The second-order valence-electron chi connectivity index (χ2n) is 11.0. The van der Waals surface area contributed by atoms with Gasteiger partial charge in [-0.3, -0.25) is 4.79 Å². The lowest BCUT2D eigenvalue weighted by molar-refractivity contribution is -0.443. The first-order valence-electron chi connectivity index (χ1n) is 13.8. The van der Waals surface area contributed by atoms with Crippen molar-refractivity contribution in [2.75, 3.05) is 14.2 Å². The van der Waals surface area contributed by atoms with Gasteiger partial charge in [-0.05, 0) is 61.6 Å². The normalized spacial score (nSPS) is 35.0. The Hall–Kier alpha value is -2.57. The van der Waals surface area contributed by atoms with Crippen molar-refractivity contribution in [1.82, 2.24) is 10.6 Å². The highest BCUT2D eigenvalue weighted by atomic mass is 16.8. The molecule has 6 N–H and O–H groups in total. The van der Waals surface area contributed by atoms with Crippen LogP contribution in [-0.2, 0) is 25.4 Å². The molecule has 2 heterocycles. The van der Waals surface area contributed by atoms with E-state index >= 15 is 0 Å². The topological polar surface area (TPSA) is 150 Å². The summed E-state index contributed by atoms with van der Waals surface area (Å²) < 4.78 is 23.9. The summed E-state index contributed by atoms with van der Waals surface area (Å²) in [7, 11) is 3.40. The smallest absolute Gasteiger partial charge is 0.239 e. The van der Waals surface area contributed by atoms with Crippen LogP contribution in [0.15, 0.2) is 48.5 Å². The predicted octanol–water partition coefficient (Wildman–Crippen LogP) is 1.55. The highest BCUT2D eigenvalue weighted by molar-refractivity contribution is 5.79. The second kappa shape index (κ2) is 12.5. The zero-order chi connectivity index (χ0) is 27.7. The zero-order valence-corrected chi connectivity index (χ0v) is 23.5. The summed E-state index contributed by atoms with van der Waals surface area (Å²) in [4.78, 5) is 13.2. The standard InChI is InChI=1S/C30H40N2O7.H2O/c1-5-19-16-23-28(26(31-3)27(19)34)39-30(35)24(13-17(2)37-29(30)38-23)32-25(33)14-18-9-11-20(12-10-18)21-7-6-8-22(15-21)36-4;/h6-12,15,17,19,23-24,26-29,31,34-35H,5,13-14,16H2,1-4H3,(H,32,33);1H2/t17-,19+,23?,24-,26+,27+,28?,29?,30+;/m1./s1. The average Bonchev–Trinajstić information content (AvgIpc) is 2.93. The maximum Gasteiger partial charge on any atom is 0.239 e. The summed E-state index contributed by atoms with van der Waals surface area (Å²) in [6, 6.07) is 14.5. The van der Waals surface area contributed by atoms with E-state index in [2.05, 4.69) is 10.6 Å². The van der Waals surface area contributed by atoms with Gasteiger partial charge in [-0.15, -0.1) is 0 Å². The van der Waals surface area contributed by atoms with Gasteiger partial charge in [-0.25, -0.2) is 0 Å². The summed E-state index contributed by atoms with van der Waals surface area (Å²) in [5.74, 6) is -1.29. The fourth-order valence-electron chi connectivity index (χ4n) is 6.20. The van der Waals surface area contributed by atoms with E-state index < -0.39 is 36.4 Å². The molecule has 0 spiro atoms. The van der Waals surface area contributed by atoms with E-state index in [1.54, 1.807) is 14.2 Å². The Labute approximate surface area is 235 Å². The average molecular weight is 559 g/mol. The fourth-order valence-corrected chi connectivity index (χ4v) is 6.20. The third-order valence-electron chi connectivity index (χ3n) is 8.40. The SMILES string of the molecule is CC[C@H]1CC2OC3O[C@H](C)C[C@@H](NC(=O)Cc4ccc(-c5cccc(OC)c5)cc4)[C@]3(O)OC2[C@@H](NC)[C@H]1O.O. The largest absolute Gasteiger partial charge is 0.497 e. The molecule has 1 saturated carbocycles. The Balaban J connectivity index is 0.00000370. The van der Waals surface area contributed by atoms with Crippen molar-refractivity contribution in [1.29, 1.82) is 0 Å². The molecular formula is C30H42N2O8. The summed E-state index contributed by atoms with van der Waals surface area (Å²) in [5, 5.41) is 28.8. The number of benzene rings is 2. The zero-order valence-electron chi connectivity index (χ0n) is 23.5. The molecule has 1 amide bonds. The monoisotopic (exact) mass is 558 g/mol. The number of nitrogens with one attached hydrogen (secondary N) is 2. The van der Waals surface area contributed by atoms with Crippen molar-refractivity contribution < 1.29 is 39.4 Å². The molecule has 2 saturated heterocycles. The molecule has 2 aliphatic heterocycles. The van der Waals surface area contributed by atoms with Crippen LogP contribution in [-0.4, -0.2) is 84.3 Å². The van der Waals surface area contributed by atoms with Crippen molar-refractivity contribution in [3.05, 3.63) is 54.1 Å². The van der Waals surface area contributed by atoms with Crippen molar-refractivity contribution in [3.8, 4) is 16.9 Å². The molecule has 10 heteroatoms. The number of carbonyl (C=O) groups is 1. The summed E-state index contributed by atoms with van der Waals surface area (Å²) in [6.45, 7) is 3.93. The van der Waals surface area contributed by atoms with Gasteiger partial charge in [0, 0.05) is 0 Å². The number of likely N-dealkylation sites (N-methyl/N-ethyl adjacent to an activating group) is 1. The number of aliphatic hydroxyl groups is 2. The molecule has 3 unspecified atom stereocenters. The summed E-state index contributed by atoms with van der Waals surface area (Å²) in [5.41, 5.74) is 2.90. The highest BCUT2D eigenvalue weighted by Crippen LogP contribution is 2.43. The molecule has 0 aromatic heterocycles. The quantitative estimate of drug-likeness (QED) is 0.400. The van der Waals surface area contributed by atoms with Crippen LogP contribution in [0.2, 0.25) is 0 Å². The number of ether oxygens (including phenoxy) is 4. The van der Waals surface area contributed by atoms with Gasteiger partial charge in [-0.1, -0.05) is 49.7 Å². The van der Waals surface area contributed by atoms with Crippen molar-refractivity contribution in [2.24, 2.45) is 5.92 Å². The van der Waals surface area contributed by atoms with Crippen LogP contribution in [0.3, 0.4) is 0 Å². The first kappa shape index (κ1) is 30.4. The maximum absolute atomic E-state index is 13.2. The number of methoxy groups -OCH3 is 1.